The second kappa shape index (κ2) is 9.43. The third-order valence-electron chi connectivity index (χ3n) is 6.06. The van der Waals surface area contributed by atoms with Gasteiger partial charge in [0.15, 0.2) is 13.1 Å². The molecule has 3 rings (SSSR count). The molecule has 1 unspecified atom stereocenters. The molecule has 160 valence electrons. The molecule has 0 saturated heterocycles. The van der Waals surface area contributed by atoms with Crippen LogP contribution in [0.3, 0.4) is 0 Å². The van der Waals surface area contributed by atoms with Crippen molar-refractivity contribution in [1.82, 2.24) is 4.90 Å². The van der Waals surface area contributed by atoms with Crippen molar-refractivity contribution < 1.29 is 14.5 Å². The number of carbonyl (C=O) groups is 2. The molecule has 0 heterocycles. The van der Waals surface area contributed by atoms with E-state index in [0.717, 1.165) is 41.0 Å². The van der Waals surface area contributed by atoms with Crippen LogP contribution in [-0.4, -0.2) is 43.9 Å². The van der Waals surface area contributed by atoms with E-state index in [9.17, 15) is 9.59 Å². The van der Waals surface area contributed by atoms with Crippen molar-refractivity contribution >= 4 is 17.5 Å². The number of hydrogen-bond donors (Lipinski definition) is 2. The lowest BCUT2D eigenvalue weighted by Crippen LogP contribution is -3.11. The Balaban J connectivity index is 1.58. The minimum atomic E-state index is -0.0685. The van der Waals surface area contributed by atoms with E-state index < -0.39 is 0 Å². The van der Waals surface area contributed by atoms with Crippen LogP contribution >= 0.6 is 0 Å². The van der Waals surface area contributed by atoms with Crippen molar-refractivity contribution in [3.63, 3.8) is 0 Å². The fraction of sp³-hybridized carbons (Fsp3) is 0.440. The summed E-state index contributed by atoms with van der Waals surface area (Å²) >= 11 is 0. The van der Waals surface area contributed by atoms with Crippen LogP contribution in [0, 0.1) is 20.8 Å². The van der Waals surface area contributed by atoms with Crippen LogP contribution < -0.4 is 10.2 Å². The third-order valence-corrected chi connectivity index (χ3v) is 6.06. The Hall–Kier alpha value is -2.66. The van der Waals surface area contributed by atoms with Gasteiger partial charge in [-0.1, -0.05) is 42.0 Å². The summed E-state index contributed by atoms with van der Waals surface area (Å²) in [6, 6.07) is 12.7. The molecule has 0 radical (unpaired) electrons. The molecule has 0 saturated carbocycles. The SMILES string of the molecule is Cc1cc(C)c(NC(=O)C[NH+](C)CC(=O)N(C)[C@H]2CCCc3ccccc32)c(C)c1. The van der Waals surface area contributed by atoms with Gasteiger partial charge in [0.25, 0.3) is 11.8 Å². The highest BCUT2D eigenvalue weighted by Gasteiger charge is 2.28. The van der Waals surface area contributed by atoms with Crippen molar-refractivity contribution in [2.24, 2.45) is 0 Å². The summed E-state index contributed by atoms with van der Waals surface area (Å²) < 4.78 is 0. The molecule has 2 atom stereocenters. The Kier molecular flexibility index (Phi) is 6.93. The third kappa shape index (κ3) is 5.08. The lowest BCUT2D eigenvalue weighted by atomic mass is 9.87. The topological polar surface area (TPSA) is 53.9 Å². The Morgan fingerprint density at radius 2 is 1.77 bits per heavy atom. The predicted molar refractivity (Wildman–Crippen MR) is 121 cm³/mol. The van der Waals surface area contributed by atoms with Crippen molar-refractivity contribution in [3.05, 3.63) is 64.2 Å². The van der Waals surface area contributed by atoms with Gasteiger partial charge in [-0.2, -0.15) is 0 Å². The zero-order chi connectivity index (χ0) is 21.8. The molecule has 0 fully saturated rings. The molecule has 2 amide bonds. The first-order chi connectivity index (χ1) is 14.3. The minimum absolute atomic E-state index is 0.0685. The maximum Gasteiger partial charge on any atom is 0.279 e. The Morgan fingerprint density at radius 1 is 1.10 bits per heavy atom. The molecule has 0 aromatic heterocycles. The monoisotopic (exact) mass is 408 g/mol. The van der Waals surface area contributed by atoms with Crippen molar-refractivity contribution in [3.8, 4) is 0 Å². The number of hydrogen-bond acceptors (Lipinski definition) is 2. The number of amides is 2. The number of nitrogens with zero attached hydrogens (tertiary/aromatic N) is 1. The quantitative estimate of drug-likeness (QED) is 0.772. The summed E-state index contributed by atoms with van der Waals surface area (Å²) in [4.78, 5) is 28.2. The van der Waals surface area contributed by atoms with Crippen LogP contribution in [-0.2, 0) is 16.0 Å². The van der Waals surface area contributed by atoms with E-state index in [0.29, 0.717) is 6.54 Å². The second-order valence-corrected chi connectivity index (χ2v) is 8.74. The first-order valence-electron chi connectivity index (χ1n) is 10.8. The molecule has 0 aliphatic heterocycles. The van der Waals surface area contributed by atoms with Crippen LogP contribution in [0.2, 0.25) is 0 Å². The Bertz CT molecular complexity index is 915. The van der Waals surface area contributed by atoms with Crippen LogP contribution in [0.4, 0.5) is 5.69 Å². The number of fused-ring (bicyclic) bond motifs is 1. The van der Waals surface area contributed by atoms with Gasteiger partial charge in [0.2, 0.25) is 0 Å². The van der Waals surface area contributed by atoms with Crippen molar-refractivity contribution in [2.45, 2.75) is 46.1 Å². The molecule has 2 aromatic rings. The second-order valence-electron chi connectivity index (χ2n) is 8.74. The average Bonchev–Trinajstić information content (AvgIpc) is 2.69. The Labute approximate surface area is 180 Å². The molecular weight excluding hydrogens is 374 g/mol. The zero-order valence-electron chi connectivity index (χ0n) is 18.8. The molecule has 1 aliphatic carbocycles. The number of aryl methyl sites for hydroxylation is 4. The number of benzene rings is 2. The highest BCUT2D eigenvalue weighted by molar-refractivity contribution is 5.93. The lowest BCUT2D eigenvalue weighted by Gasteiger charge is -2.33. The highest BCUT2D eigenvalue weighted by atomic mass is 16.2. The summed E-state index contributed by atoms with van der Waals surface area (Å²) in [6.07, 6.45) is 3.17. The Morgan fingerprint density at radius 3 is 2.47 bits per heavy atom. The number of likely N-dealkylation sites (N-methyl/N-ethyl adjacent to an activating group) is 2. The van der Waals surface area contributed by atoms with Gasteiger partial charge in [0, 0.05) is 12.7 Å². The van der Waals surface area contributed by atoms with E-state index >= 15 is 0 Å². The zero-order valence-corrected chi connectivity index (χ0v) is 18.8. The molecule has 30 heavy (non-hydrogen) atoms. The normalized spacial score (nSPS) is 16.5. The number of anilines is 1. The molecule has 0 bridgehead atoms. The first-order valence-corrected chi connectivity index (χ1v) is 10.8. The van der Waals surface area contributed by atoms with Gasteiger partial charge in [-0.25, -0.2) is 0 Å². The van der Waals surface area contributed by atoms with Crippen LogP contribution in [0.25, 0.3) is 0 Å². The fourth-order valence-corrected chi connectivity index (χ4v) is 4.58. The van der Waals surface area contributed by atoms with Gasteiger partial charge in [-0.05, 0) is 62.3 Å². The van der Waals surface area contributed by atoms with Gasteiger partial charge in [-0.3, -0.25) is 9.59 Å². The van der Waals surface area contributed by atoms with Crippen LogP contribution in [0.1, 0.15) is 46.7 Å². The summed E-state index contributed by atoms with van der Waals surface area (Å²) in [6.45, 7) is 6.62. The maximum absolute atomic E-state index is 12.9. The molecule has 2 N–H and O–H groups in total. The van der Waals surface area contributed by atoms with Crippen molar-refractivity contribution in [2.75, 3.05) is 32.5 Å². The maximum atomic E-state index is 12.9. The first kappa shape index (κ1) is 22.0. The van der Waals surface area contributed by atoms with E-state index in [1.807, 2.05) is 38.9 Å². The summed E-state index contributed by atoms with van der Waals surface area (Å²) in [7, 11) is 3.79. The van der Waals surface area contributed by atoms with Crippen LogP contribution in [0.5, 0.6) is 0 Å². The van der Waals surface area contributed by atoms with Gasteiger partial charge < -0.3 is 15.1 Å². The van der Waals surface area contributed by atoms with E-state index in [2.05, 4.69) is 42.6 Å². The summed E-state index contributed by atoms with van der Waals surface area (Å²) in [5.41, 5.74) is 6.79. The van der Waals surface area contributed by atoms with E-state index in [4.69, 9.17) is 0 Å². The van der Waals surface area contributed by atoms with Gasteiger partial charge in [-0.15, -0.1) is 0 Å². The number of carbonyl (C=O) groups excluding carboxylic acids is 2. The highest BCUT2D eigenvalue weighted by Crippen LogP contribution is 2.33. The molecule has 0 spiro atoms. The molecule has 2 aromatic carbocycles. The van der Waals surface area contributed by atoms with Gasteiger partial charge in [0.1, 0.15) is 0 Å². The molecular formula is C25H34N3O2+. The van der Waals surface area contributed by atoms with E-state index in [1.54, 1.807) is 0 Å². The minimum Gasteiger partial charge on any atom is -0.334 e. The van der Waals surface area contributed by atoms with Gasteiger partial charge in [0.05, 0.1) is 13.1 Å². The summed E-state index contributed by atoms with van der Waals surface area (Å²) in [5, 5.41) is 3.03. The molecule has 1 aliphatic rings. The predicted octanol–water partition coefficient (Wildman–Crippen LogP) is 2.60. The fourth-order valence-electron chi connectivity index (χ4n) is 4.58. The number of nitrogens with one attached hydrogen (secondary N) is 2. The average molecular weight is 409 g/mol. The largest absolute Gasteiger partial charge is 0.334 e. The van der Waals surface area contributed by atoms with Gasteiger partial charge >= 0.3 is 0 Å². The molecule has 5 nitrogen and oxygen atoms in total. The molecule has 5 heteroatoms. The standard InChI is InChI=1S/C25H33N3O2/c1-17-13-18(2)25(19(3)14-17)26-23(29)15-27(4)16-24(30)28(5)22-12-8-10-20-9-6-7-11-21(20)22/h6-7,9,11,13-14,22H,8,10,12,15-16H2,1-5H3,(H,26,29)/p+1/t22-/m0/s1. The van der Waals surface area contributed by atoms with E-state index in [-0.39, 0.29) is 24.4 Å². The van der Waals surface area contributed by atoms with Crippen LogP contribution in [0.15, 0.2) is 36.4 Å². The summed E-state index contributed by atoms with van der Waals surface area (Å²) in [5.74, 6) is 0.00529. The van der Waals surface area contributed by atoms with Crippen molar-refractivity contribution in [1.29, 1.82) is 0 Å². The number of rotatable bonds is 6. The number of quaternary nitrogens is 1. The van der Waals surface area contributed by atoms with E-state index in [1.165, 1.54) is 16.7 Å². The smallest absolute Gasteiger partial charge is 0.279 e. The lowest BCUT2D eigenvalue weighted by molar-refractivity contribution is -0.862.